The number of nitrogens with zero attached hydrogens (tertiary/aromatic N) is 4. The number of aliphatic hydroxyl groups excluding tert-OH is 1. The van der Waals surface area contributed by atoms with E-state index in [1.54, 1.807) is 7.05 Å². The average molecular weight is 424 g/mol. The number of rotatable bonds is 8. The summed E-state index contributed by atoms with van der Waals surface area (Å²) in [5.74, 6) is -0.236. The molecule has 0 spiro atoms. The van der Waals surface area contributed by atoms with E-state index in [0.717, 1.165) is 37.2 Å². The molecule has 9 heteroatoms. The molecule has 1 amide bonds. The Bertz CT molecular complexity index is 765. The molecule has 0 bridgehead atoms. The number of piperidine rings is 1. The second-order valence-electron chi connectivity index (χ2n) is 7.29. The number of carbonyl (C=O) groups excluding carboxylic acids is 1. The molecule has 3 rings (SSSR count). The normalized spacial score (nSPS) is 15.6. The van der Waals surface area contributed by atoms with Gasteiger partial charge in [0.2, 0.25) is 0 Å². The van der Waals surface area contributed by atoms with Gasteiger partial charge in [-0.2, -0.15) is 0 Å². The molecule has 2 aromatic rings. The Balaban J connectivity index is 0.00000300. The van der Waals surface area contributed by atoms with Crippen molar-refractivity contribution in [2.45, 2.75) is 38.5 Å². The molecule has 1 aromatic carbocycles. The summed E-state index contributed by atoms with van der Waals surface area (Å²) in [6.07, 6.45) is 1.19. The van der Waals surface area contributed by atoms with E-state index < -0.39 is 6.10 Å². The van der Waals surface area contributed by atoms with Crippen molar-refractivity contribution in [2.24, 2.45) is 0 Å². The molecule has 1 aliphatic rings. The molecule has 0 aliphatic carbocycles. The highest BCUT2D eigenvalue weighted by atomic mass is 35.5. The van der Waals surface area contributed by atoms with Gasteiger partial charge in [0, 0.05) is 13.6 Å². The van der Waals surface area contributed by atoms with Gasteiger partial charge in [0.15, 0.2) is 5.69 Å². The predicted octanol–water partition coefficient (Wildman–Crippen LogP) is 1.58. The van der Waals surface area contributed by atoms with Gasteiger partial charge < -0.3 is 20.1 Å². The largest absolute Gasteiger partial charge is 0.389 e. The summed E-state index contributed by atoms with van der Waals surface area (Å²) < 4.78 is 7.41. The lowest BCUT2D eigenvalue weighted by molar-refractivity contribution is 0.0135. The van der Waals surface area contributed by atoms with E-state index in [1.807, 2.05) is 41.9 Å². The number of amides is 1. The molecule has 1 unspecified atom stereocenters. The quantitative estimate of drug-likeness (QED) is 0.669. The summed E-state index contributed by atoms with van der Waals surface area (Å²) in [4.78, 5) is 14.2. The molecule has 2 heterocycles. The lowest BCUT2D eigenvalue weighted by Gasteiger charge is -2.24. The molecule has 1 atom stereocenters. The van der Waals surface area contributed by atoms with E-state index in [1.165, 1.54) is 4.90 Å². The molecule has 1 fully saturated rings. The number of benzene rings is 1. The zero-order valence-corrected chi connectivity index (χ0v) is 17.8. The first-order valence-corrected chi connectivity index (χ1v) is 9.74. The summed E-state index contributed by atoms with van der Waals surface area (Å²) >= 11 is 0. The van der Waals surface area contributed by atoms with Crippen LogP contribution in [0.5, 0.6) is 0 Å². The van der Waals surface area contributed by atoms with Gasteiger partial charge in [-0.25, -0.2) is 4.68 Å². The van der Waals surface area contributed by atoms with Crippen LogP contribution in [0.3, 0.4) is 0 Å². The number of hydrogen-bond acceptors (Lipinski definition) is 6. The Morgan fingerprint density at radius 1 is 1.34 bits per heavy atom. The van der Waals surface area contributed by atoms with Crippen molar-refractivity contribution in [1.82, 2.24) is 25.2 Å². The highest BCUT2D eigenvalue weighted by molar-refractivity contribution is 5.93. The van der Waals surface area contributed by atoms with E-state index in [9.17, 15) is 9.90 Å². The van der Waals surface area contributed by atoms with Crippen LogP contribution in [0.4, 0.5) is 0 Å². The zero-order chi connectivity index (χ0) is 19.9. The van der Waals surface area contributed by atoms with Crippen molar-refractivity contribution in [3.63, 3.8) is 0 Å². The van der Waals surface area contributed by atoms with Crippen LogP contribution in [-0.4, -0.2) is 70.3 Å². The Hall–Kier alpha value is -2.00. The van der Waals surface area contributed by atoms with Crippen molar-refractivity contribution < 1.29 is 14.6 Å². The molecule has 1 aliphatic heterocycles. The number of hydrogen-bond donors (Lipinski definition) is 2. The van der Waals surface area contributed by atoms with Crippen LogP contribution in [0.15, 0.2) is 30.3 Å². The summed E-state index contributed by atoms with van der Waals surface area (Å²) in [7, 11) is 1.66. The molecular weight excluding hydrogens is 394 g/mol. The summed E-state index contributed by atoms with van der Waals surface area (Å²) in [6.45, 7) is 4.53. The smallest absolute Gasteiger partial charge is 0.276 e. The highest BCUT2D eigenvalue weighted by Gasteiger charge is 2.25. The first kappa shape index (κ1) is 23.3. The number of likely N-dealkylation sites (N-methyl/N-ethyl adjacent to an activating group) is 1. The van der Waals surface area contributed by atoms with Gasteiger partial charge in [0.1, 0.15) is 0 Å². The monoisotopic (exact) mass is 423 g/mol. The molecule has 2 N–H and O–H groups in total. The molecule has 1 saturated heterocycles. The van der Waals surface area contributed by atoms with Crippen LogP contribution in [0.25, 0.3) is 0 Å². The third-order valence-electron chi connectivity index (χ3n) is 5.04. The minimum absolute atomic E-state index is 0. The van der Waals surface area contributed by atoms with E-state index >= 15 is 0 Å². The maximum atomic E-state index is 12.7. The number of aromatic nitrogens is 3. The van der Waals surface area contributed by atoms with Crippen LogP contribution < -0.4 is 5.32 Å². The Morgan fingerprint density at radius 2 is 2.03 bits per heavy atom. The second-order valence-corrected chi connectivity index (χ2v) is 7.29. The van der Waals surface area contributed by atoms with Crippen LogP contribution in [0.2, 0.25) is 0 Å². The van der Waals surface area contributed by atoms with E-state index in [-0.39, 0.29) is 37.5 Å². The third-order valence-corrected chi connectivity index (χ3v) is 5.04. The van der Waals surface area contributed by atoms with Crippen molar-refractivity contribution >= 4 is 18.3 Å². The topological polar surface area (TPSA) is 92.5 Å². The molecule has 0 radical (unpaired) electrons. The van der Waals surface area contributed by atoms with Gasteiger partial charge in [-0.1, -0.05) is 35.5 Å². The minimum atomic E-state index is -0.766. The molecule has 29 heavy (non-hydrogen) atoms. The summed E-state index contributed by atoms with van der Waals surface area (Å²) in [6, 6.07) is 10.1. The zero-order valence-electron chi connectivity index (χ0n) is 17.0. The fourth-order valence-corrected chi connectivity index (χ4v) is 3.46. The van der Waals surface area contributed by atoms with Gasteiger partial charge in [-0.05, 0) is 38.4 Å². The Morgan fingerprint density at radius 3 is 2.72 bits per heavy atom. The maximum Gasteiger partial charge on any atom is 0.276 e. The first-order chi connectivity index (χ1) is 13.6. The SMILES string of the molecule is Cc1c(C(=O)N(C)CC(O)COCc2ccccc2)nnn1C1CCNCC1.Cl. The van der Waals surface area contributed by atoms with Crippen LogP contribution in [-0.2, 0) is 11.3 Å². The van der Waals surface area contributed by atoms with Gasteiger partial charge in [-0.3, -0.25) is 4.79 Å². The van der Waals surface area contributed by atoms with E-state index in [2.05, 4.69) is 15.6 Å². The van der Waals surface area contributed by atoms with Gasteiger partial charge in [0.05, 0.1) is 31.1 Å². The van der Waals surface area contributed by atoms with Crippen LogP contribution >= 0.6 is 12.4 Å². The number of halogens is 1. The average Bonchev–Trinajstić information content (AvgIpc) is 3.10. The molecule has 1 aromatic heterocycles. The molecular formula is C20H30ClN5O3. The molecule has 160 valence electrons. The second kappa shape index (κ2) is 11.3. The number of carbonyl (C=O) groups is 1. The predicted molar refractivity (Wildman–Crippen MR) is 112 cm³/mol. The standard InChI is InChI=1S/C20H29N5O3.ClH/c1-15-19(22-23-25(15)17-8-10-21-11-9-17)20(27)24(2)12-18(26)14-28-13-16-6-4-3-5-7-16;/h3-7,17-18,21,26H,8-14H2,1-2H3;1H. The lowest BCUT2D eigenvalue weighted by Crippen LogP contribution is -2.37. The van der Waals surface area contributed by atoms with E-state index in [0.29, 0.717) is 12.3 Å². The van der Waals surface area contributed by atoms with Gasteiger partial charge in [0.25, 0.3) is 5.91 Å². The Kier molecular flexibility index (Phi) is 9.03. The van der Waals surface area contributed by atoms with Crippen molar-refractivity contribution in [2.75, 3.05) is 33.3 Å². The van der Waals surface area contributed by atoms with Crippen molar-refractivity contribution in [3.8, 4) is 0 Å². The van der Waals surface area contributed by atoms with Crippen molar-refractivity contribution in [1.29, 1.82) is 0 Å². The number of nitrogens with one attached hydrogen (secondary N) is 1. The molecule has 0 saturated carbocycles. The van der Waals surface area contributed by atoms with Crippen molar-refractivity contribution in [3.05, 3.63) is 47.3 Å². The fraction of sp³-hybridized carbons (Fsp3) is 0.550. The van der Waals surface area contributed by atoms with Crippen LogP contribution in [0, 0.1) is 6.92 Å². The molecule has 8 nitrogen and oxygen atoms in total. The summed E-state index contributed by atoms with van der Waals surface area (Å²) in [5.41, 5.74) is 2.17. The Labute approximate surface area is 177 Å². The third kappa shape index (κ3) is 6.24. The number of aliphatic hydroxyl groups is 1. The minimum Gasteiger partial charge on any atom is -0.389 e. The lowest BCUT2D eigenvalue weighted by atomic mass is 10.1. The van der Waals surface area contributed by atoms with E-state index in [4.69, 9.17) is 4.74 Å². The van der Waals surface area contributed by atoms with Gasteiger partial charge >= 0.3 is 0 Å². The first-order valence-electron chi connectivity index (χ1n) is 9.74. The highest BCUT2D eigenvalue weighted by Crippen LogP contribution is 2.20. The maximum absolute atomic E-state index is 12.7. The van der Waals surface area contributed by atoms with Crippen LogP contribution in [0.1, 0.15) is 40.6 Å². The van der Waals surface area contributed by atoms with Gasteiger partial charge in [-0.15, -0.1) is 17.5 Å². The number of ether oxygens (including phenoxy) is 1. The fourth-order valence-electron chi connectivity index (χ4n) is 3.46. The summed E-state index contributed by atoms with van der Waals surface area (Å²) in [5, 5.41) is 21.8.